The van der Waals surface area contributed by atoms with Gasteiger partial charge in [-0.2, -0.15) is 4.31 Å². The highest BCUT2D eigenvalue weighted by Gasteiger charge is 2.31. The molecule has 100 valence electrons. The molecule has 1 aromatic heterocycles. The molecular formula is C11H15BrN2O3S. The first kappa shape index (κ1) is 13.8. The summed E-state index contributed by atoms with van der Waals surface area (Å²) in [5.74, 6) is 0.662. The van der Waals surface area contributed by atoms with Crippen LogP contribution >= 0.6 is 15.9 Å². The van der Waals surface area contributed by atoms with E-state index in [4.69, 9.17) is 4.74 Å². The summed E-state index contributed by atoms with van der Waals surface area (Å²) in [5, 5.41) is 0. The average Bonchev–Trinajstić information content (AvgIpc) is 2.81. The van der Waals surface area contributed by atoms with E-state index < -0.39 is 10.0 Å². The fraction of sp³-hybridized carbons (Fsp3) is 0.545. The number of nitrogens with zero attached hydrogens (tertiary/aromatic N) is 2. The van der Waals surface area contributed by atoms with Crippen LogP contribution in [0.1, 0.15) is 13.3 Å². The van der Waals surface area contributed by atoms with Crippen molar-refractivity contribution < 1.29 is 13.2 Å². The van der Waals surface area contributed by atoms with E-state index in [0.29, 0.717) is 25.4 Å². The highest BCUT2D eigenvalue weighted by atomic mass is 79.9. The highest BCUT2D eigenvalue weighted by molar-refractivity contribution is 9.10. The molecule has 0 spiro atoms. The van der Waals surface area contributed by atoms with Crippen LogP contribution in [0.5, 0.6) is 5.88 Å². The Morgan fingerprint density at radius 1 is 1.56 bits per heavy atom. The van der Waals surface area contributed by atoms with Crippen molar-refractivity contribution in [3.05, 3.63) is 22.8 Å². The van der Waals surface area contributed by atoms with Gasteiger partial charge in [0.05, 0.1) is 12.3 Å². The van der Waals surface area contributed by atoms with Crippen molar-refractivity contribution in [3.8, 4) is 5.88 Å². The Balaban J connectivity index is 1.96. The van der Waals surface area contributed by atoms with Crippen molar-refractivity contribution in [1.29, 1.82) is 0 Å². The number of halogens is 1. The first-order valence-corrected chi connectivity index (χ1v) is 8.17. The lowest BCUT2D eigenvalue weighted by Gasteiger charge is -2.15. The zero-order chi connectivity index (χ0) is 13.2. The average molecular weight is 335 g/mol. The molecular weight excluding hydrogens is 320 g/mol. The molecule has 2 heterocycles. The molecule has 0 saturated carbocycles. The summed E-state index contributed by atoms with van der Waals surface area (Å²) in [7, 11) is -3.10. The molecule has 0 bridgehead atoms. The third kappa shape index (κ3) is 3.21. The summed E-state index contributed by atoms with van der Waals surface area (Å²) in [6.07, 6.45) is 2.25. The van der Waals surface area contributed by atoms with Crippen LogP contribution in [0.15, 0.2) is 22.8 Å². The van der Waals surface area contributed by atoms with Gasteiger partial charge in [0, 0.05) is 23.3 Å². The van der Waals surface area contributed by atoms with Crippen LogP contribution in [-0.2, 0) is 10.0 Å². The minimum absolute atomic E-state index is 0.111. The van der Waals surface area contributed by atoms with E-state index in [1.165, 1.54) is 4.31 Å². The van der Waals surface area contributed by atoms with Crippen LogP contribution in [0.3, 0.4) is 0 Å². The van der Waals surface area contributed by atoms with Crippen molar-refractivity contribution in [3.63, 3.8) is 0 Å². The first-order valence-electron chi connectivity index (χ1n) is 5.77. The molecule has 0 amide bonds. The molecule has 0 N–H and O–H groups in total. The summed E-state index contributed by atoms with van der Waals surface area (Å²) in [6.45, 7) is 2.59. The predicted molar refractivity (Wildman–Crippen MR) is 72.0 cm³/mol. The quantitative estimate of drug-likeness (QED) is 0.839. The van der Waals surface area contributed by atoms with Crippen LogP contribution in [0.2, 0.25) is 0 Å². The summed E-state index contributed by atoms with van der Waals surface area (Å²) in [6, 6.07) is 3.61. The summed E-state index contributed by atoms with van der Waals surface area (Å²) < 4.78 is 31.4. The normalized spacial score (nSPS) is 21.1. The fourth-order valence-corrected chi connectivity index (χ4v) is 3.21. The van der Waals surface area contributed by atoms with Gasteiger partial charge in [-0.15, -0.1) is 0 Å². The Bertz CT molecular complexity index is 504. The second kappa shape index (κ2) is 5.54. The Morgan fingerprint density at radius 3 is 2.94 bits per heavy atom. The first-order chi connectivity index (χ1) is 8.51. The number of hydrogen-bond acceptors (Lipinski definition) is 4. The second-order valence-corrected chi connectivity index (χ2v) is 7.28. The third-order valence-electron chi connectivity index (χ3n) is 2.85. The smallest absolute Gasteiger partial charge is 0.213 e. The molecule has 5 nitrogen and oxygen atoms in total. The van der Waals surface area contributed by atoms with Gasteiger partial charge in [-0.25, -0.2) is 13.4 Å². The SMILES string of the molecule is CCS(=O)(=O)N1CCC(Oc2ccc(Br)cn2)C1. The van der Waals surface area contributed by atoms with Gasteiger partial charge in [-0.3, -0.25) is 0 Å². The van der Waals surface area contributed by atoms with Crippen LogP contribution in [0.4, 0.5) is 0 Å². The van der Waals surface area contributed by atoms with Crippen LogP contribution < -0.4 is 4.74 Å². The van der Waals surface area contributed by atoms with Crippen LogP contribution in [0.25, 0.3) is 0 Å². The topological polar surface area (TPSA) is 59.5 Å². The van der Waals surface area contributed by atoms with Crippen molar-refractivity contribution in [2.45, 2.75) is 19.4 Å². The van der Waals surface area contributed by atoms with E-state index in [1.54, 1.807) is 19.2 Å². The molecule has 0 aromatic carbocycles. The zero-order valence-corrected chi connectivity index (χ0v) is 12.4. The number of sulfonamides is 1. The van der Waals surface area contributed by atoms with Gasteiger partial charge < -0.3 is 4.74 Å². The number of aromatic nitrogens is 1. The number of rotatable bonds is 4. The Labute approximate surface area is 115 Å². The molecule has 1 aliphatic heterocycles. The fourth-order valence-electron chi connectivity index (χ4n) is 1.83. The van der Waals surface area contributed by atoms with E-state index in [9.17, 15) is 8.42 Å². The molecule has 2 rings (SSSR count). The molecule has 0 aliphatic carbocycles. The molecule has 1 fully saturated rings. The van der Waals surface area contributed by atoms with Crippen molar-refractivity contribution >= 4 is 26.0 Å². The Hall–Kier alpha value is -0.660. The summed E-state index contributed by atoms with van der Waals surface area (Å²) in [5.41, 5.74) is 0. The van der Waals surface area contributed by atoms with E-state index in [1.807, 2.05) is 6.07 Å². The molecule has 1 atom stereocenters. The van der Waals surface area contributed by atoms with Crippen molar-refractivity contribution in [2.24, 2.45) is 0 Å². The van der Waals surface area contributed by atoms with E-state index in [2.05, 4.69) is 20.9 Å². The molecule has 1 aromatic rings. The maximum absolute atomic E-state index is 11.7. The van der Waals surface area contributed by atoms with E-state index in [-0.39, 0.29) is 11.9 Å². The number of hydrogen-bond donors (Lipinski definition) is 0. The van der Waals surface area contributed by atoms with Gasteiger partial charge in [0.25, 0.3) is 0 Å². The molecule has 7 heteroatoms. The molecule has 1 unspecified atom stereocenters. The highest BCUT2D eigenvalue weighted by Crippen LogP contribution is 2.20. The van der Waals surface area contributed by atoms with E-state index in [0.717, 1.165) is 4.47 Å². The van der Waals surface area contributed by atoms with Gasteiger partial charge >= 0.3 is 0 Å². The zero-order valence-electron chi connectivity index (χ0n) is 10.0. The minimum atomic E-state index is -3.10. The van der Waals surface area contributed by atoms with Gasteiger partial charge in [0.15, 0.2) is 0 Å². The van der Waals surface area contributed by atoms with Gasteiger partial charge in [-0.05, 0) is 35.3 Å². The lowest BCUT2D eigenvalue weighted by molar-refractivity contribution is 0.207. The predicted octanol–water partition coefficient (Wildman–Crippen LogP) is 1.65. The Morgan fingerprint density at radius 2 is 2.33 bits per heavy atom. The minimum Gasteiger partial charge on any atom is -0.473 e. The largest absolute Gasteiger partial charge is 0.473 e. The molecule has 1 saturated heterocycles. The number of ether oxygens (including phenoxy) is 1. The van der Waals surface area contributed by atoms with Gasteiger partial charge in [-0.1, -0.05) is 0 Å². The molecule has 18 heavy (non-hydrogen) atoms. The van der Waals surface area contributed by atoms with Crippen LogP contribution in [-0.4, -0.2) is 42.7 Å². The van der Waals surface area contributed by atoms with Crippen LogP contribution in [0, 0.1) is 0 Å². The second-order valence-electron chi connectivity index (χ2n) is 4.10. The Kier molecular flexibility index (Phi) is 4.24. The van der Waals surface area contributed by atoms with E-state index >= 15 is 0 Å². The maximum atomic E-state index is 11.7. The molecule has 1 aliphatic rings. The summed E-state index contributed by atoms with van der Waals surface area (Å²) in [4.78, 5) is 4.11. The maximum Gasteiger partial charge on any atom is 0.213 e. The molecule has 0 radical (unpaired) electrons. The lowest BCUT2D eigenvalue weighted by atomic mass is 10.3. The van der Waals surface area contributed by atoms with Crippen molar-refractivity contribution in [2.75, 3.05) is 18.8 Å². The number of pyridine rings is 1. The van der Waals surface area contributed by atoms with Crippen molar-refractivity contribution in [1.82, 2.24) is 9.29 Å². The third-order valence-corrected chi connectivity index (χ3v) is 5.17. The standard InChI is InChI=1S/C11H15BrN2O3S/c1-2-18(15,16)14-6-5-10(8-14)17-11-4-3-9(12)7-13-11/h3-4,7,10H,2,5-6,8H2,1H3. The summed E-state index contributed by atoms with van der Waals surface area (Å²) >= 11 is 3.30. The van der Waals surface area contributed by atoms with Gasteiger partial charge in [0.2, 0.25) is 15.9 Å². The lowest BCUT2D eigenvalue weighted by Crippen LogP contribution is -2.32. The van der Waals surface area contributed by atoms with Gasteiger partial charge in [0.1, 0.15) is 6.10 Å². The monoisotopic (exact) mass is 334 g/mol.